The van der Waals surface area contributed by atoms with Crippen LogP contribution in [0.1, 0.15) is 10.4 Å². The van der Waals surface area contributed by atoms with Crippen molar-refractivity contribution in [3.8, 4) is 11.6 Å². The van der Waals surface area contributed by atoms with Gasteiger partial charge in [-0.25, -0.2) is 9.97 Å². The van der Waals surface area contributed by atoms with Crippen molar-refractivity contribution >= 4 is 33.3 Å². The van der Waals surface area contributed by atoms with E-state index in [1.54, 1.807) is 6.20 Å². The molecule has 7 heteroatoms. The summed E-state index contributed by atoms with van der Waals surface area (Å²) in [6.07, 6.45) is 1.74. The van der Waals surface area contributed by atoms with Gasteiger partial charge in [-0.05, 0) is 55.4 Å². The number of H-pyrrole nitrogens is 1. The number of fused-ring (bicyclic) bond motifs is 1. The fraction of sp³-hybridized carbons (Fsp3) is 0.118. The van der Waals surface area contributed by atoms with Gasteiger partial charge >= 0.3 is 0 Å². The van der Waals surface area contributed by atoms with Crippen molar-refractivity contribution in [3.05, 3.63) is 57.3 Å². The summed E-state index contributed by atoms with van der Waals surface area (Å²) < 4.78 is 5.81. The first-order chi connectivity index (χ1) is 11.6. The second kappa shape index (κ2) is 5.92. The Kier molecular flexibility index (Phi) is 3.74. The summed E-state index contributed by atoms with van der Waals surface area (Å²) in [6, 6.07) is 9.36. The summed E-state index contributed by atoms with van der Waals surface area (Å²) in [5.74, 6) is 0.984. The van der Waals surface area contributed by atoms with E-state index in [0.29, 0.717) is 22.1 Å². The van der Waals surface area contributed by atoms with Crippen LogP contribution in [0.3, 0.4) is 0 Å². The van der Waals surface area contributed by atoms with Crippen LogP contribution in [-0.2, 0) is 0 Å². The Bertz CT molecular complexity index is 1080. The highest BCUT2D eigenvalue weighted by Crippen LogP contribution is 2.32. The van der Waals surface area contributed by atoms with Crippen LogP contribution in [0.2, 0.25) is 0 Å². The van der Waals surface area contributed by atoms with E-state index < -0.39 is 0 Å². The molecule has 24 heavy (non-hydrogen) atoms. The van der Waals surface area contributed by atoms with E-state index in [2.05, 4.69) is 15.0 Å². The molecule has 5 nitrogen and oxygen atoms in total. The number of pyridine rings is 1. The lowest BCUT2D eigenvalue weighted by molar-refractivity contribution is 0.484. The number of aryl methyl sites for hydroxylation is 2. The van der Waals surface area contributed by atoms with E-state index in [-0.39, 0.29) is 5.56 Å². The molecule has 0 unspecified atom stereocenters. The lowest BCUT2D eigenvalue weighted by Gasteiger charge is -1.98. The van der Waals surface area contributed by atoms with E-state index in [1.807, 2.05) is 44.2 Å². The zero-order valence-corrected chi connectivity index (χ0v) is 14.6. The number of thiophene rings is 1. The minimum atomic E-state index is -0.132. The van der Waals surface area contributed by atoms with Crippen molar-refractivity contribution in [2.45, 2.75) is 24.0 Å². The molecule has 120 valence electrons. The summed E-state index contributed by atoms with van der Waals surface area (Å²) in [6.45, 7) is 3.94. The van der Waals surface area contributed by atoms with Gasteiger partial charge in [0.2, 0.25) is 0 Å². The van der Waals surface area contributed by atoms with Crippen LogP contribution in [-0.4, -0.2) is 15.0 Å². The summed E-state index contributed by atoms with van der Waals surface area (Å²) >= 11 is 2.95. The maximum atomic E-state index is 12.4. The van der Waals surface area contributed by atoms with Gasteiger partial charge in [-0.15, -0.1) is 11.3 Å². The Morgan fingerprint density at radius 3 is 2.88 bits per heavy atom. The minimum absolute atomic E-state index is 0.132. The number of nitrogens with one attached hydrogen (secondary N) is 1. The molecule has 0 bridgehead atoms. The Hall–Kier alpha value is -2.38. The van der Waals surface area contributed by atoms with E-state index in [1.165, 1.54) is 23.1 Å². The van der Waals surface area contributed by atoms with Gasteiger partial charge in [0.05, 0.1) is 5.39 Å². The molecular weight excluding hydrogens is 342 g/mol. The first kappa shape index (κ1) is 15.2. The predicted molar refractivity (Wildman–Crippen MR) is 95.8 cm³/mol. The monoisotopic (exact) mass is 355 g/mol. The molecule has 0 atom stereocenters. The van der Waals surface area contributed by atoms with Crippen LogP contribution in [0.4, 0.5) is 0 Å². The quantitative estimate of drug-likeness (QED) is 0.589. The molecule has 0 saturated carbocycles. The van der Waals surface area contributed by atoms with Gasteiger partial charge in [0.1, 0.15) is 9.86 Å². The number of aromatic amines is 1. The number of hydrogen-bond acceptors (Lipinski definition) is 6. The molecule has 1 N–H and O–H groups in total. The highest BCUT2D eigenvalue weighted by atomic mass is 32.2. The Morgan fingerprint density at radius 1 is 1.21 bits per heavy atom. The van der Waals surface area contributed by atoms with Crippen LogP contribution in [0.15, 0.2) is 55.9 Å². The van der Waals surface area contributed by atoms with Crippen molar-refractivity contribution in [1.29, 1.82) is 0 Å². The van der Waals surface area contributed by atoms with Crippen LogP contribution in [0.5, 0.6) is 0 Å². The smallest absolute Gasteiger partial charge is 0.260 e. The van der Waals surface area contributed by atoms with E-state index in [0.717, 1.165) is 20.3 Å². The fourth-order valence-electron chi connectivity index (χ4n) is 2.38. The average Bonchev–Trinajstić information content (AvgIpc) is 3.14. The van der Waals surface area contributed by atoms with Gasteiger partial charge in [0, 0.05) is 11.1 Å². The lowest BCUT2D eigenvalue weighted by Crippen LogP contribution is -2.08. The zero-order chi connectivity index (χ0) is 16.7. The van der Waals surface area contributed by atoms with Crippen molar-refractivity contribution in [3.63, 3.8) is 0 Å². The summed E-state index contributed by atoms with van der Waals surface area (Å²) in [5, 5.41) is 2.21. The van der Waals surface area contributed by atoms with Crippen LogP contribution in [0.25, 0.3) is 21.8 Å². The van der Waals surface area contributed by atoms with Crippen molar-refractivity contribution in [1.82, 2.24) is 15.0 Å². The number of aromatic nitrogens is 3. The molecule has 0 aliphatic rings. The SMILES string of the molecule is Cc1sc2nc(-c3ccc(Sc4ccccn4)o3)[nH]c(=O)c2c1C. The van der Waals surface area contributed by atoms with Crippen LogP contribution in [0, 0.1) is 13.8 Å². The summed E-state index contributed by atoms with van der Waals surface area (Å²) in [7, 11) is 0. The van der Waals surface area contributed by atoms with Gasteiger partial charge in [-0.2, -0.15) is 0 Å². The van der Waals surface area contributed by atoms with Crippen LogP contribution >= 0.6 is 23.1 Å². The first-order valence-electron chi connectivity index (χ1n) is 7.31. The van der Waals surface area contributed by atoms with Crippen molar-refractivity contribution < 1.29 is 4.42 Å². The highest BCUT2D eigenvalue weighted by Gasteiger charge is 2.15. The lowest BCUT2D eigenvalue weighted by atomic mass is 10.2. The third kappa shape index (κ3) is 2.65. The average molecular weight is 355 g/mol. The number of hydrogen-bond donors (Lipinski definition) is 1. The van der Waals surface area contributed by atoms with Gasteiger partial charge in [0.15, 0.2) is 16.7 Å². The standard InChI is InChI=1S/C17H13N3O2S2/c1-9-10(2)23-17-14(9)16(21)19-15(20-17)11-6-7-13(22-11)24-12-5-3-4-8-18-12/h3-8H,1-2H3,(H,19,20,21). The molecule has 0 fully saturated rings. The minimum Gasteiger partial charge on any atom is -0.446 e. The number of nitrogens with zero attached hydrogens (tertiary/aromatic N) is 2. The largest absolute Gasteiger partial charge is 0.446 e. The molecule has 0 aliphatic heterocycles. The summed E-state index contributed by atoms with van der Waals surface area (Å²) in [4.78, 5) is 25.8. The van der Waals surface area contributed by atoms with E-state index in [9.17, 15) is 4.79 Å². The molecular formula is C17H13N3O2S2. The summed E-state index contributed by atoms with van der Waals surface area (Å²) in [5.41, 5.74) is 0.855. The van der Waals surface area contributed by atoms with Gasteiger partial charge < -0.3 is 9.40 Å². The Balaban J connectivity index is 1.72. The second-order valence-electron chi connectivity index (χ2n) is 5.27. The van der Waals surface area contributed by atoms with Gasteiger partial charge in [-0.1, -0.05) is 6.07 Å². The first-order valence-corrected chi connectivity index (χ1v) is 8.94. The van der Waals surface area contributed by atoms with Crippen molar-refractivity contribution in [2.24, 2.45) is 0 Å². The molecule has 0 amide bonds. The molecule has 0 aliphatic carbocycles. The topological polar surface area (TPSA) is 71.8 Å². The predicted octanol–water partition coefficient (Wildman–Crippen LogP) is 4.41. The maximum Gasteiger partial charge on any atom is 0.260 e. The number of rotatable bonds is 3. The molecule has 4 heterocycles. The fourth-order valence-corrected chi connectivity index (χ4v) is 4.15. The van der Waals surface area contributed by atoms with Gasteiger partial charge in [-0.3, -0.25) is 4.79 Å². The maximum absolute atomic E-state index is 12.4. The van der Waals surface area contributed by atoms with Gasteiger partial charge in [0.25, 0.3) is 5.56 Å². The third-order valence-corrected chi connectivity index (χ3v) is 5.67. The number of furan rings is 1. The molecule has 0 radical (unpaired) electrons. The Morgan fingerprint density at radius 2 is 2.08 bits per heavy atom. The third-order valence-electron chi connectivity index (χ3n) is 3.70. The highest BCUT2D eigenvalue weighted by molar-refractivity contribution is 7.99. The molecule has 4 aromatic heterocycles. The zero-order valence-electron chi connectivity index (χ0n) is 13.0. The Labute approximate surface area is 145 Å². The van der Waals surface area contributed by atoms with E-state index in [4.69, 9.17) is 4.42 Å². The van der Waals surface area contributed by atoms with Crippen molar-refractivity contribution in [2.75, 3.05) is 0 Å². The second-order valence-corrected chi connectivity index (χ2v) is 7.49. The molecule has 4 aromatic rings. The molecule has 0 spiro atoms. The van der Waals surface area contributed by atoms with E-state index >= 15 is 0 Å². The normalized spacial score (nSPS) is 11.2. The molecule has 4 rings (SSSR count). The van der Waals surface area contributed by atoms with Crippen LogP contribution < -0.4 is 5.56 Å². The molecule has 0 aromatic carbocycles. The molecule has 0 saturated heterocycles.